The van der Waals surface area contributed by atoms with Crippen LogP contribution in [0.4, 0.5) is 0 Å². The summed E-state index contributed by atoms with van der Waals surface area (Å²) in [7, 11) is 1.25. The van der Waals surface area contributed by atoms with Crippen LogP contribution in [0.25, 0.3) is 11.4 Å². The van der Waals surface area contributed by atoms with Crippen LogP contribution in [0.15, 0.2) is 24.3 Å². The van der Waals surface area contributed by atoms with E-state index in [1.54, 1.807) is 0 Å². The predicted molar refractivity (Wildman–Crippen MR) is 102 cm³/mol. The minimum Gasteiger partial charge on any atom is -0.467 e. The number of amides is 1. The van der Waals surface area contributed by atoms with Crippen LogP contribution in [0.3, 0.4) is 0 Å². The van der Waals surface area contributed by atoms with E-state index in [4.69, 9.17) is 4.74 Å². The molecule has 1 aromatic carbocycles. The van der Waals surface area contributed by atoms with Gasteiger partial charge in [0.05, 0.1) is 7.11 Å². The molecule has 0 spiro atoms. The molecule has 10 nitrogen and oxygen atoms in total. The third-order valence-electron chi connectivity index (χ3n) is 3.93. The molecule has 0 saturated carbocycles. The Morgan fingerprint density at radius 1 is 1.17 bits per heavy atom. The minimum absolute atomic E-state index is 0.170. The number of aromatic nitrogens is 4. The number of methoxy groups -OCH3 is 1. The van der Waals surface area contributed by atoms with E-state index in [0.29, 0.717) is 12.2 Å². The zero-order valence-corrected chi connectivity index (χ0v) is 16.9. The molecule has 2 aromatic rings. The van der Waals surface area contributed by atoms with Gasteiger partial charge in [0, 0.05) is 5.56 Å². The van der Waals surface area contributed by atoms with Crippen molar-refractivity contribution in [2.75, 3.05) is 13.7 Å². The molecule has 29 heavy (non-hydrogen) atoms. The molecule has 10 heteroatoms. The largest absolute Gasteiger partial charge is 0.467 e. The average molecular weight is 403 g/mol. The molecule has 0 aliphatic heterocycles. The maximum Gasteiger partial charge on any atom is 0.330 e. The van der Waals surface area contributed by atoms with Crippen molar-refractivity contribution in [1.29, 1.82) is 0 Å². The molecule has 1 amide bonds. The highest BCUT2D eigenvalue weighted by atomic mass is 16.5. The molecular weight excluding hydrogens is 378 g/mol. The number of rotatable bonds is 9. The summed E-state index contributed by atoms with van der Waals surface area (Å²) in [5, 5.41) is 14.3. The third-order valence-corrected chi connectivity index (χ3v) is 3.93. The van der Waals surface area contributed by atoms with Gasteiger partial charge in [-0.1, -0.05) is 43.7 Å². The third kappa shape index (κ3) is 6.98. The number of aryl methyl sites for hydroxylation is 1. The van der Waals surface area contributed by atoms with Gasteiger partial charge in [-0.15, -0.1) is 10.2 Å². The first-order valence-electron chi connectivity index (χ1n) is 9.16. The second kappa shape index (κ2) is 10.3. The zero-order chi connectivity index (χ0) is 21.4. The Labute approximate surface area is 168 Å². The molecule has 0 aliphatic carbocycles. The average Bonchev–Trinajstić information content (AvgIpc) is 3.13. The maximum atomic E-state index is 12.0. The fourth-order valence-electron chi connectivity index (χ4n) is 2.50. The fraction of sp³-hybridized carbons (Fsp3) is 0.474. The van der Waals surface area contributed by atoms with Crippen molar-refractivity contribution in [1.82, 2.24) is 25.5 Å². The van der Waals surface area contributed by atoms with E-state index < -0.39 is 30.5 Å². The summed E-state index contributed by atoms with van der Waals surface area (Å²) in [5.41, 5.74) is 1.87. The minimum atomic E-state index is -0.791. The molecule has 1 heterocycles. The van der Waals surface area contributed by atoms with Crippen LogP contribution in [0.1, 0.15) is 25.8 Å². The number of carbonyl (C=O) groups excluding carboxylic acids is 3. The van der Waals surface area contributed by atoms with Crippen molar-refractivity contribution in [3.63, 3.8) is 0 Å². The van der Waals surface area contributed by atoms with Gasteiger partial charge in [-0.2, -0.15) is 4.80 Å². The van der Waals surface area contributed by atoms with Gasteiger partial charge in [0.2, 0.25) is 5.82 Å². The van der Waals surface area contributed by atoms with Crippen molar-refractivity contribution in [3.05, 3.63) is 29.8 Å². The predicted octanol–water partition coefficient (Wildman–Crippen LogP) is 0.896. The summed E-state index contributed by atoms with van der Waals surface area (Å²) < 4.78 is 9.60. The molecule has 0 saturated heterocycles. The van der Waals surface area contributed by atoms with Crippen LogP contribution in [0, 0.1) is 12.8 Å². The van der Waals surface area contributed by atoms with Gasteiger partial charge >= 0.3 is 11.9 Å². The van der Waals surface area contributed by atoms with Gasteiger partial charge in [0.1, 0.15) is 6.04 Å². The fourth-order valence-corrected chi connectivity index (χ4v) is 2.50. The number of hydrogen-bond acceptors (Lipinski definition) is 8. The van der Waals surface area contributed by atoms with Gasteiger partial charge in [0.15, 0.2) is 13.2 Å². The molecule has 1 aromatic heterocycles. The van der Waals surface area contributed by atoms with Crippen molar-refractivity contribution in [2.45, 2.75) is 39.8 Å². The number of nitrogens with one attached hydrogen (secondary N) is 1. The van der Waals surface area contributed by atoms with Crippen LogP contribution in [0.5, 0.6) is 0 Å². The van der Waals surface area contributed by atoms with Crippen molar-refractivity contribution >= 4 is 17.8 Å². The van der Waals surface area contributed by atoms with Crippen LogP contribution < -0.4 is 5.32 Å². The summed E-state index contributed by atoms with van der Waals surface area (Å²) in [6, 6.07) is 6.76. The lowest BCUT2D eigenvalue weighted by Crippen LogP contribution is -2.44. The van der Waals surface area contributed by atoms with Gasteiger partial charge in [-0.05, 0) is 24.5 Å². The second-order valence-corrected chi connectivity index (χ2v) is 6.94. The highest BCUT2D eigenvalue weighted by Gasteiger charge is 2.23. The quantitative estimate of drug-likeness (QED) is 0.612. The summed E-state index contributed by atoms with van der Waals surface area (Å²) in [5.74, 6) is -1.30. The van der Waals surface area contributed by atoms with E-state index in [1.807, 2.05) is 45.0 Å². The summed E-state index contributed by atoms with van der Waals surface area (Å²) in [6.07, 6.45) is 0.414. The van der Waals surface area contributed by atoms with Gasteiger partial charge in [0.25, 0.3) is 5.91 Å². The Morgan fingerprint density at radius 3 is 2.48 bits per heavy atom. The van der Waals surface area contributed by atoms with E-state index in [1.165, 1.54) is 7.11 Å². The Hall–Kier alpha value is -3.30. The molecule has 0 aliphatic rings. The van der Waals surface area contributed by atoms with Crippen LogP contribution >= 0.6 is 0 Å². The number of ether oxygens (including phenoxy) is 2. The monoisotopic (exact) mass is 403 g/mol. The molecule has 1 atom stereocenters. The van der Waals surface area contributed by atoms with E-state index in [2.05, 4.69) is 25.5 Å². The normalized spacial score (nSPS) is 11.8. The van der Waals surface area contributed by atoms with E-state index >= 15 is 0 Å². The molecule has 0 bridgehead atoms. The lowest BCUT2D eigenvalue weighted by Gasteiger charge is -2.18. The SMILES string of the molecule is COC(=O)C(CC(C)C)NC(=O)COC(=O)Cn1nnc(-c2ccc(C)cc2)n1. The number of benzene rings is 1. The van der Waals surface area contributed by atoms with Crippen LogP contribution in [-0.4, -0.2) is 57.8 Å². The number of hydrogen-bond donors (Lipinski definition) is 1. The van der Waals surface area contributed by atoms with Crippen molar-refractivity contribution < 1.29 is 23.9 Å². The standard InChI is InChI=1S/C19H25N5O5/c1-12(2)9-15(19(27)28-4)20-16(25)11-29-17(26)10-24-22-18(21-23-24)14-7-5-13(3)6-8-14/h5-8,12,15H,9-11H2,1-4H3,(H,20,25). The molecule has 0 fully saturated rings. The Kier molecular flexibility index (Phi) is 7.81. The molecule has 1 unspecified atom stereocenters. The van der Waals surface area contributed by atoms with Gasteiger partial charge in [-0.25, -0.2) is 9.59 Å². The molecule has 0 radical (unpaired) electrons. The Balaban J connectivity index is 1.84. The summed E-state index contributed by atoms with van der Waals surface area (Å²) in [6.45, 7) is 4.98. The number of tetrazole rings is 1. The summed E-state index contributed by atoms with van der Waals surface area (Å²) in [4.78, 5) is 36.7. The van der Waals surface area contributed by atoms with Crippen LogP contribution in [0.2, 0.25) is 0 Å². The first-order chi connectivity index (χ1) is 13.8. The highest BCUT2D eigenvalue weighted by Crippen LogP contribution is 2.13. The van der Waals surface area contributed by atoms with E-state index in [-0.39, 0.29) is 12.5 Å². The molecule has 2 rings (SSSR count). The molecule has 156 valence electrons. The highest BCUT2D eigenvalue weighted by molar-refractivity contribution is 5.86. The number of carbonyl (C=O) groups is 3. The topological polar surface area (TPSA) is 125 Å². The smallest absolute Gasteiger partial charge is 0.330 e. The molecule has 1 N–H and O–H groups in total. The first-order valence-corrected chi connectivity index (χ1v) is 9.16. The Bertz CT molecular complexity index is 847. The summed E-state index contributed by atoms with van der Waals surface area (Å²) >= 11 is 0. The zero-order valence-electron chi connectivity index (χ0n) is 16.9. The number of nitrogens with zero attached hydrogens (tertiary/aromatic N) is 4. The maximum absolute atomic E-state index is 12.0. The first kappa shape index (κ1) is 22.0. The van der Waals surface area contributed by atoms with E-state index in [0.717, 1.165) is 15.9 Å². The van der Waals surface area contributed by atoms with Crippen LogP contribution in [-0.2, 0) is 30.4 Å². The van der Waals surface area contributed by atoms with Gasteiger partial charge < -0.3 is 14.8 Å². The lowest BCUT2D eigenvalue weighted by atomic mass is 10.0. The lowest BCUT2D eigenvalue weighted by molar-refractivity contribution is -0.151. The van der Waals surface area contributed by atoms with Crippen molar-refractivity contribution in [2.24, 2.45) is 5.92 Å². The number of esters is 2. The second-order valence-electron chi connectivity index (χ2n) is 6.94. The van der Waals surface area contributed by atoms with Gasteiger partial charge in [-0.3, -0.25) is 4.79 Å². The Morgan fingerprint density at radius 2 is 1.86 bits per heavy atom. The molecular formula is C19H25N5O5. The van der Waals surface area contributed by atoms with E-state index in [9.17, 15) is 14.4 Å². The van der Waals surface area contributed by atoms with Crippen molar-refractivity contribution in [3.8, 4) is 11.4 Å².